The highest BCUT2D eigenvalue weighted by Gasteiger charge is 2.18. The zero-order valence-electron chi connectivity index (χ0n) is 21.8. The summed E-state index contributed by atoms with van der Waals surface area (Å²) in [6, 6.07) is 23.5. The Balaban J connectivity index is 1.47. The van der Waals surface area contributed by atoms with Crippen LogP contribution in [-0.2, 0) is 6.61 Å². The molecule has 0 unspecified atom stereocenters. The third-order valence-electron chi connectivity index (χ3n) is 6.40. The first-order valence-corrected chi connectivity index (χ1v) is 14.8. The third-order valence-corrected chi connectivity index (χ3v) is 8.09. The van der Waals surface area contributed by atoms with Gasteiger partial charge in [-0.1, -0.05) is 73.3 Å². The molecule has 6 aromatic rings. The third kappa shape index (κ3) is 5.70. The van der Waals surface area contributed by atoms with Gasteiger partial charge in [0.15, 0.2) is 17.3 Å². The maximum absolute atomic E-state index is 13.7. The van der Waals surface area contributed by atoms with E-state index in [9.17, 15) is 4.79 Å². The maximum atomic E-state index is 13.7. The van der Waals surface area contributed by atoms with Crippen LogP contribution in [0.1, 0.15) is 11.1 Å². The van der Waals surface area contributed by atoms with Crippen molar-refractivity contribution in [3.05, 3.63) is 119 Å². The zero-order valence-corrected chi connectivity index (χ0v) is 26.5. The molecule has 0 aliphatic rings. The monoisotopic (exact) mass is 725 g/mol. The van der Waals surface area contributed by atoms with Crippen LogP contribution in [0.5, 0.6) is 11.5 Å². The van der Waals surface area contributed by atoms with Gasteiger partial charge in [-0.2, -0.15) is 9.78 Å². The molecule has 7 nitrogen and oxygen atoms in total. The van der Waals surface area contributed by atoms with E-state index in [0.717, 1.165) is 19.9 Å². The van der Waals surface area contributed by atoms with Crippen LogP contribution in [0.15, 0.2) is 102 Å². The number of hydrogen-bond acceptors (Lipinski definition) is 6. The average Bonchev–Trinajstić information content (AvgIpc) is 3.40. The van der Waals surface area contributed by atoms with Gasteiger partial charge in [0.1, 0.15) is 12.2 Å². The van der Waals surface area contributed by atoms with E-state index in [2.05, 4.69) is 37.0 Å². The SMILES string of the molecule is COc1cc(Br)cc(C=Nn2c(-c3cc4cc(Br)ccc4o3)nc3ccccc3c2=O)c1OCc1ccc(Cl)c(Cl)c1. The van der Waals surface area contributed by atoms with Crippen LogP contribution in [0.4, 0.5) is 0 Å². The molecule has 0 aliphatic heterocycles. The fourth-order valence-corrected chi connectivity index (χ4v) is 5.56. The molecule has 2 heterocycles. The number of furan rings is 1. The van der Waals surface area contributed by atoms with Crippen molar-refractivity contribution in [1.29, 1.82) is 0 Å². The highest BCUT2D eigenvalue weighted by molar-refractivity contribution is 9.10. The fourth-order valence-electron chi connectivity index (χ4n) is 4.41. The smallest absolute Gasteiger partial charge is 0.282 e. The second-order valence-electron chi connectivity index (χ2n) is 9.17. The van der Waals surface area contributed by atoms with Crippen LogP contribution in [-0.4, -0.2) is 23.0 Å². The summed E-state index contributed by atoms with van der Waals surface area (Å²) in [6.45, 7) is 0.187. The second-order valence-corrected chi connectivity index (χ2v) is 11.8. The lowest BCUT2D eigenvalue weighted by atomic mass is 10.2. The predicted molar refractivity (Wildman–Crippen MR) is 173 cm³/mol. The van der Waals surface area contributed by atoms with Gasteiger partial charge in [0, 0.05) is 19.9 Å². The summed E-state index contributed by atoms with van der Waals surface area (Å²) in [6.07, 6.45) is 1.53. The van der Waals surface area contributed by atoms with Crippen molar-refractivity contribution in [3.63, 3.8) is 0 Å². The quantitative estimate of drug-likeness (QED) is 0.153. The molecule has 0 fully saturated rings. The molecule has 42 heavy (non-hydrogen) atoms. The summed E-state index contributed by atoms with van der Waals surface area (Å²) < 4.78 is 20.8. The Morgan fingerprint density at radius 3 is 2.62 bits per heavy atom. The van der Waals surface area contributed by atoms with E-state index in [1.807, 2.05) is 42.5 Å². The molecule has 2 aromatic heterocycles. The maximum Gasteiger partial charge on any atom is 0.282 e. The number of fused-ring (bicyclic) bond motifs is 2. The van der Waals surface area contributed by atoms with Crippen LogP contribution in [0.3, 0.4) is 0 Å². The first kappa shape index (κ1) is 28.5. The molecule has 0 spiro atoms. The van der Waals surface area contributed by atoms with Crippen LogP contribution in [0, 0.1) is 0 Å². The Bertz CT molecular complexity index is 2070. The number of nitrogens with zero attached hydrogens (tertiary/aromatic N) is 3. The summed E-state index contributed by atoms with van der Waals surface area (Å²) in [7, 11) is 1.55. The molecule has 0 saturated heterocycles. The lowest BCUT2D eigenvalue weighted by Gasteiger charge is -2.14. The first-order chi connectivity index (χ1) is 20.3. The zero-order chi connectivity index (χ0) is 29.4. The van der Waals surface area contributed by atoms with Crippen LogP contribution in [0.25, 0.3) is 33.5 Å². The van der Waals surface area contributed by atoms with Crippen molar-refractivity contribution in [1.82, 2.24) is 9.66 Å². The van der Waals surface area contributed by atoms with Gasteiger partial charge < -0.3 is 13.9 Å². The molecule has 0 atom stereocenters. The van der Waals surface area contributed by atoms with Crippen LogP contribution in [0.2, 0.25) is 10.0 Å². The molecule has 0 aliphatic carbocycles. The summed E-state index contributed by atoms with van der Waals surface area (Å²) >= 11 is 19.3. The molecule has 210 valence electrons. The van der Waals surface area contributed by atoms with Gasteiger partial charge in [-0.3, -0.25) is 4.79 Å². The molecule has 0 saturated carbocycles. The molecule has 0 bridgehead atoms. The normalized spacial score (nSPS) is 11.5. The van der Waals surface area contributed by atoms with Crippen molar-refractivity contribution in [2.75, 3.05) is 7.11 Å². The van der Waals surface area contributed by atoms with Crippen LogP contribution < -0.4 is 15.0 Å². The van der Waals surface area contributed by atoms with Crippen molar-refractivity contribution in [2.24, 2.45) is 5.10 Å². The number of ether oxygens (including phenoxy) is 2. The van der Waals surface area contributed by atoms with E-state index in [0.29, 0.717) is 49.4 Å². The molecule has 4 aromatic carbocycles. The van der Waals surface area contributed by atoms with Crippen LogP contribution >= 0.6 is 55.1 Å². The van der Waals surface area contributed by atoms with Crippen molar-refractivity contribution in [3.8, 4) is 23.1 Å². The lowest BCUT2D eigenvalue weighted by molar-refractivity contribution is 0.284. The summed E-state index contributed by atoms with van der Waals surface area (Å²) in [5, 5.41) is 6.75. The van der Waals surface area contributed by atoms with Crippen molar-refractivity contribution < 1.29 is 13.9 Å². The van der Waals surface area contributed by atoms with E-state index >= 15 is 0 Å². The van der Waals surface area contributed by atoms with E-state index in [-0.39, 0.29) is 18.0 Å². The highest BCUT2D eigenvalue weighted by Crippen LogP contribution is 2.35. The lowest BCUT2D eigenvalue weighted by Crippen LogP contribution is -2.20. The topological polar surface area (TPSA) is 78.9 Å². The van der Waals surface area contributed by atoms with E-state index < -0.39 is 0 Å². The molecular formula is C31H19Br2Cl2N3O4. The molecular weight excluding hydrogens is 709 g/mol. The van der Waals surface area contributed by atoms with Gasteiger partial charge >= 0.3 is 0 Å². The van der Waals surface area contributed by atoms with Crippen molar-refractivity contribution in [2.45, 2.75) is 6.61 Å². The van der Waals surface area contributed by atoms with E-state index in [1.165, 1.54) is 10.9 Å². The molecule has 11 heteroatoms. The number of halogens is 4. The Morgan fingerprint density at radius 2 is 1.81 bits per heavy atom. The van der Waals surface area contributed by atoms with Gasteiger partial charge in [0.2, 0.25) is 5.82 Å². The highest BCUT2D eigenvalue weighted by atomic mass is 79.9. The number of aromatic nitrogens is 2. The average molecular weight is 728 g/mol. The minimum Gasteiger partial charge on any atom is -0.493 e. The molecule has 0 amide bonds. The summed E-state index contributed by atoms with van der Waals surface area (Å²) in [4.78, 5) is 18.5. The van der Waals surface area contributed by atoms with Gasteiger partial charge in [-0.15, -0.1) is 0 Å². The number of benzene rings is 4. The minimum atomic E-state index is -0.353. The largest absolute Gasteiger partial charge is 0.493 e. The number of hydrogen-bond donors (Lipinski definition) is 0. The summed E-state index contributed by atoms with van der Waals surface area (Å²) in [5.74, 6) is 1.54. The number of methoxy groups -OCH3 is 1. The fraction of sp³-hybridized carbons (Fsp3) is 0.0645. The van der Waals surface area contributed by atoms with E-state index in [1.54, 1.807) is 43.5 Å². The Hall–Kier alpha value is -3.63. The number of para-hydroxylation sites is 1. The van der Waals surface area contributed by atoms with Crippen molar-refractivity contribution >= 4 is 83.1 Å². The molecule has 0 radical (unpaired) electrons. The number of rotatable bonds is 7. The van der Waals surface area contributed by atoms with E-state index in [4.69, 9.17) is 42.1 Å². The second kappa shape index (κ2) is 11.9. The first-order valence-electron chi connectivity index (χ1n) is 12.5. The Kier molecular flexibility index (Phi) is 8.09. The van der Waals surface area contributed by atoms with Gasteiger partial charge in [-0.05, 0) is 66.2 Å². The molecule has 6 rings (SSSR count). The minimum absolute atomic E-state index is 0.187. The summed E-state index contributed by atoms with van der Waals surface area (Å²) in [5.41, 5.74) is 2.20. The molecule has 0 N–H and O–H groups in total. The standard InChI is InChI=1S/C31H19Br2Cl2N3O4/c1-40-27-14-21(33)12-19(29(27)41-16-17-6-8-23(34)24(35)10-17)15-36-38-30(37-25-5-3-2-4-22(25)31(38)39)28-13-18-11-20(32)7-9-26(18)42-28/h2-15H,16H2,1H3. The van der Waals surface area contributed by atoms with Gasteiger partial charge in [0.05, 0.1) is 34.3 Å². The van der Waals surface area contributed by atoms with Gasteiger partial charge in [0.25, 0.3) is 5.56 Å². The Morgan fingerprint density at radius 1 is 0.976 bits per heavy atom. The van der Waals surface area contributed by atoms with Gasteiger partial charge in [-0.25, -0.2) is 4.98 Å². The Labute approximate surface area is 266 Å². The predicted octanol–water partition coefficient (Wildman–Crippen LogP) is 9.11.